The van der Waals surface area contributed by atoms with Gasteiger partial charge in [0.2, 0.25) is 5.91 Å². The molecule has 6 nitrogen and oxygen atoms in total. The van der Waals surface area contributed by atoms with Gasteiger partial charge in [0.25, 0.3) is 0 Å². The van der Waals surface area contributed by atoms with Crippen LogP contribution in [-0.4, -0.2) is 24.0 Å². The van der Waals surface area contributed by atoms with E-state index in [1.807, 2.05) is 0 Å². The average Bonchev–Trinajstić information content (AvgIpc) is 3.14. The number of esters is 1. The smallest absolute Gasteiger partial charge is 0.337 e. The zero-order valence-corrected chi connectivity index (χ0v) is 15.8. The van der Waals surface area contributed by atoms with Crippen molar-refractivity contribution in [1.82, 2.24) is 4.98 Å². The molecule has 0 aliphatic rings. The number of amides is 1. The molecule has 0 aliphatic heterocycles. The molecule has 0 spiro atoms. The summed E-state index contributed by atoms with van der Waals surface area (Å²) in [6.45, 7) is 0.235. The molecule has 28 heavy (non-hydrogen) atoms. The summed E-state index contributed by atoms with van der Waals surface area (Å²) in [5.74, 6) is -0.506. The molecule has 1 heterocycles. The third-order valence-corrected chi connectivity index (χ3v) is 4.56. The third-order valence-electron chi connectivity index (χ3n) is 3.68. The number of hydrogen-bond acceptors (Lipinski definition) is 6. The Bertz CT molecular complexity index is 972. The third kappa shape index (κ3) is 5.37. The number of nitrogens with zero attached hydrogens (tertiary/aromatic N) is 1. The molecule has 0 fully saturated rings. The van der Waals surface area contributed by atoms with E-state index in [1.165, 1.54) is 30.6 Å². The van der Waals surface area contributed by atoms with Gasteiger partial charge >= 0.3 is 5.97 Å². The molecule has 0 atom stereocenters. The Balaban J connectivity index is 1.53. The topological polar surface area (TPSA) is 77.5 Å². The zero-order chi connectivity index (χ0) is 19.9. The molecule has 0 unspecified atom stereocenters. The van der Waals surface area contributed by atoms with Gasteiger partial charge in [-0.05, 0) is 42.5 Å². The molecule has 1 N–H and O–H groups in total. The summed E-state index contributed by atoms with van der Waals surface area (Å²) in [5.41, 5.74) is 1.47. The Labute approximate surface area is 164 Å². The van der Waals surface area contributed by atoms with Crippen molar-refractivity contribution in [3.05, 3.63) is 76.0 Å². The second-order valence-corrected chi connectivity index (χ2v) is 6.72. The molecule has 144 valence electrons. The molecule has 2 aromatic carbocycles. The van der Waals surface area contributed by atoms with E-state index in [2.05, 4.69) is 15.0 Å². The quantitative estimate of drug-likeness (QED) is 0.610. The highest BCUT2D eigenvalue weighted by atomic mass is 32.1. The van der Waals surface area contributed by atoms with Crippen molar-refractivity contribution < 1.29 is 23.5 Å². The number of thiazole rings is 1. The SMILES string of the molecule is COC(=O)c1cccc(NC(=O)Cc2csc(COc3ccc(F)cc3)n2)c1. The highest BCUT2D eigenvalue weighted by Crippen LogP contribution is 2.17. The first kappa shape index (κ1) is 19.5. The van der Waals surface area contributed by atoms with Crippen LogP contribution < -0.4 is 10.1 Å². The van der Waals surface area contributed by atoms with Crippen molar-refractivity contribution in [2.24, 2.45) is 0 Å². The van der Waals surface area contributed by atoms with Crippen LogP contribution in [0.25, 0.3) is 0 Å². The molecular weight excluding hydrogens is 383 g/mol. The van der Waals surface area contributed by atoms with Gasteiger partial charge in [0.05, 0.1) is 24.8 Å². The number of carbonyl (C=O) groups is 2. The highest BCUT2D eigenvalue weighted by molar-refractivity contribution is 7.09. The Morgan fingerprint density at radius 3 is 2.71 bits per heavy atom. The van der Waals surface area contributed by atoms with Crippen molar-refractivity contribution in [2.45, 2.75) is 13.0 Å². The lowest BCUT2D eigenvalue weighted by Gasteiger charge is -2.06. The first-order chi connectivity index (χ1) is 13.5. The van der Waals surface area contributed by atoms with Gasteiger partial charge in [-0.3, -0.25) is 4.79 Å². The maximum absolute atomic E-state index is 12.9. The molecule has 3 aromatic rings. The van der Waals surface area contributed by atoms with Gasteiger partial charge in [-0.1, -0.05) is 6.07 Å². The van der Waals surface area contributed by atoms with E-state index in [9.17, 15) is 14.0 Å². The normalized spacial score (nSPS) is 10.4. The summed E-state index contributed by atoms with van der Waals surface area (Å²) >= 11 is 1.38. The van der Waals surface area contributed by atoms with Gasteiger partial charge < -0.3 is 14.8 Å². The lowest BCUT2D eigenvalue weighted by molar-refractivity contribution is -0.115. The van der Waals surface area contributed by atoms with Crippen molar-refractivity contribution in [1.29, 1.82) is 0 Å². The Kier molecular flexibility index (Phi) is 6.33. The van der Waals surface area contributed by atoms with Crippen molar-refractivity contribution in [2.75, 3.05) is 12.4 Å². The molecule has 0 aliphatic carbocycles. The van der Waals surface area contributed by atoms with E-state index in [-0.39, 0.29) is 24.8 Å². The minimum Gasteiger partial charge on any atom is -0.486 e. The van der Waals surface area contributed by atoms with Crippen LogP contribution in [0.4, 0.5) is 10.1 Å². The zero-order valence-electron chi connectivity index (χ0n) is 15.0. The maximum atomic E-state index is 12.9. The number of benzene rings is 2. The largest absolute Gasteiger partial charge is 0.486 e. The van der Waals surface area contributed by atoms with E-state index < -0.39 is 5.97 Å². The van der Waals surface area contributed by atoms with Crippen LogP contribution in [-0.2, 0) is 22.6 Å². The average molecular weight is 400 g/mol. The number of anilines is 1. The fourth-order valence-corrected chi connectivity index (χ4v) is 3.09. The van der Waals surface area contributed by atoms with Gasteiger partial charge in [-0.25, -0.2) is 14.2 Å². The van der Waals surface area contributed by atoms with Gasteiger partial charge in [0.15, 0.2) is 0 Å². The number of halogens is 1. The maximum Gasteiger partial charge on any atom is 0.337 e. The minimum absolute atomic E-state index is 0.0928. The lowest BCUT2D eigenvalue weighted by Crippen LogP contribution is -2.15. The van der Waals surface area contributed by atoms with Crippen LogP contribution in [0.2, 0.25) is 0 Å². The highest BCUT2D eigenvalue weighted by Gasteiger charge is 2.11. The van der Waals surface area contributed by atoms with Crippen LogP contribution in [0.15, 0.2) is 53.9 Å². The molecule has 1 amide bonds. The van der Waals surface area contributed by atoms with Crippen LogP contribution in [0.5, 0.6) is 5.75 Å². The number of carbonyl (C=O) groups excluding carboxylic acids is 2. The Morgan fingerprint density at radius 2 is 1.96 bits per heavy atom. The standard InChI is InChI=1S/C20H17FN2O4S/c1-26-20(25)13-3-2-4-15(9-13)22-18(24)10-16-12-28-19(23-16)11-27-17-7-5-14(21)6-8-17/h2-9,12H,10-11H2,1H3,(H,22,24). The van der Waals surface area contributed by atoms with E-state index >= 15 is 0 Å². The molecule has 0 saturated carbocycles. The summed E-state index contributed by atoms with van der Waals surface area (Å²) < 4.78 is 23.1. The fraction of sp³-hybridized carbons (Fsp3) is 0.150. The van der Waals surface area contributed by atoms with Crippen LogP contribution in [0.3, 0.4) is 0 Å². The van der Waals surface area contributed by atoms with Crippen LogP contribution in [0.1, 0.15) is 21.1 Å². The van der Waals surface area contributed by atoms with E-state index in [1.54, 1.807) is 41.8 Å². The van der Waals surface area contributed by atoms with Crippen LogP contribution >= 0.6 is 11.3 Å². The fourth-order valence-electron chi connectivity index (χ4n) is 2.38. The molecule has 0 bridgehead atoms. The summed E-state index contributed by atoms with van der Waals surface area (Å²) in [7, 11) is 1.30. The van der Waals surface area contributed by atoms with E-state index in [0.29, 0.717) is 27.7 Å². The van der Waals surface area contributed by atoms with Gasteiger partial charge in [-0.2, -0.15) is 0 Å². The molecule has 1 aromatic heterocycles. The number of methoxy groups -OCH3 is 1. The van der Waals surface area contributed by atoms with Crippen molar-refractivity contribution in [3.63, 3.8) is 0 Å². The summed E-state index contributed by atoms with van der Waals surface area (Å²) in [6.07, 6.45) is 0.0928. The summed E-state index contributed by atoms with van der Waals surface area (Å²) in [6, 6.07) is 12.2. The number of hydrogen-bond donors (Lipinski definition) is 1. The molecule has 0 radical (unpaired) electrons. The molecule has 0 saturated heterocycles. The molecule has 3 rings (SSSR count). The van der Waals surface area contributed by atoms with Gasteiger partial charge in [-0.15, -0.1) is 11.3 Å². The molecule has 8 heteroatoms. The second kappa shape index (κ2) is 9.09. The Hall–Kier alpha value is -3.26. The monoisotopic (exact) mass is 400 g/mol. The predicted octanol–water partition coefficient (Wildman–Crippen LogP) is 3.83. The summed E-state index contributed by atoms with van der Waals surface area (Å²) in [5, 5.41) is 5.23. The summed E-state index contributed by atoms with van der Waals surface area (Å²) in [4.78, 5) is 28.1. The van der Waals surface area contributed by atoms with Crippen LogP contribution in [0, 0.1) is 5.82 Å². The van der Waals surface area contributed by atoms with E-state index in [0.717, 1.165) is 0 Å². The number of rotatable bonds is 7. The molecular formula is C20H17FN2O4S. The minimum atomic E-state index is -0.471. The van der Waals surface area contributed by atoms with Crippen molar-refractivity contribution >= 4 is 28.9 Å². The van der Waals surface area contributed by atoms with Gasteiger partial charge in [0.1, 0.15) is 23.2 Å². The lowest BCUT2D eigenvalue weighted by atomic mass is 10.2. The number of nitrogens with one attached hydrogen (secondary N) is 1. The predicted molar refractivity (Wildman–Crippen MR) is 103 cm³/mol. The van der Waals surface area contributed by atoms with Gasteiger partial charge in [0, 0.05) is 11.1 Å². The number of ether oxygens (including phenoxy) is 2. The first-order valence-electron chi connectivity index (χ1n) is 8.33. The Morgan fingerprint density at radius 1 is 1.18 bits per heavy atom. The first-order valence-corrected chi connectivity index (χ1v) is 9.21. The van der Waals surface area contributed by atoms with E-state index in [4.69, 9.17) is 4.74 Å². The second-order valence-electron chi connectivity index (χ2n) is 5.77. The van der Waals surface area contributed by atoms with Crippen molar-refractivity contribution in [3.8, 4) is 5.75 Å². The number of aromatic nitrogens is 1.